The number of carbonyl (C=O) groups excluding carboxylic acids is 3. The Labute approximate surface area is 80.3 Å². The lowest BCUT2D eigenvalue weighted by Crippen LogP contribution is -2.33. The number of esters is 1. The van der Waals surface area contributed by atoms with Crippen molar-refractivity contribution >= 4 is 17.8 Å². The Hall–Kier alpha value is -2.09. The molecule has 2 amide bonds. The molecular weight excluding hydrogens is 186 g/mol. The van der Waals surface area contributed by atoms with Gasteiger partial charge in [0.15, 0.2) is 0 Å². The molecule has 0 atom stereocenters. The molecule has 0 bridgehead atoms. The van der Waals surface area contributed by atoms with Gasteiger partial charge in [-0.25, -0.2) is 4.79 Å². The van der Waals surface area contributed by atoms with E-state index in [9.17, 15) is 14.4 Å². The van der Waals surface area contributed by atoms with Crippen molar-refractivity contribution < 1.29 is 19.1 Å². The first kappa shape index (κ1) is 9.99. The van der Waals surface area contributed by atoms with E-state index in [-0.39, 0.29) is 13.2 Å². The topological polar surface area (TPSA) is 63.7 Å². The first-order valence-electron chi connectivity index (χ1n) is 3.82. The van der Waals surface area contributed by atoms with Gasteiger partial charge in [0.05, 0.1) is 6.54 Å². The zero-order chi connectivity index (χ0) is 10.6. The van der Waals surface area contributed by atoms with Crippen LogP contribution in [0.1, 0.15) is 0 Å². The van der Waals surface area contributed by atoms with Crippen LogP contribution >= 0.6 is 0 Å². The minimum absolute atomic E-state index is 0.0259. The fraction of sp³-hybridized carbons (Fsp3) is 0.222. The molecule has 5 heteroatoms. The zero-order valence-electron chi connectivity index (χ0n) is 7.23. The van der Waals surface area contributed by atoms with Crippen LogP contribution in [-0.4, -0.2) is 35.8 Å². The standard InChI is InChI=1S/C9H7NO4/c1-2-9(13)14-6-5-10-7(11)3-4-8(10)12/h1,3-4H,5-6H2. The highest BCUT2D eigenvalue weighted by Crippen LogP contribution is 2.02. The molecule has 0 aromatic heterocycles. The number of hydrogen-bond acceptors (Lipinski definition) is 4. The van der Waals surface area contributed by atoms with Crippen LogP contribution in [-0.2, 0) is 19.1 Å². The summed E-state index contributed by atoms with van der Waals surface area (Å²) in [6.07, 6.45) is 7.05. The number of rotatable bonds is 3. The van der Waals surface area contributed by atoms with Crippen LogP contribution < -0.4 is 0 Å². The van der Waals surface area contributed by atoms with Crippen LogP contribution in [0, 0.1) is 12.3 Å². The van der Waals surface area contributed by atoms with Crippen LogP contribution in [0.2, 0.25) is 0 Å². The highest BCUT2D eigenvalue weighted by Gasteiger charge is 2.22. The van der Waals surface area contributed by atoms with Gasteiger partial charge in [-0.3, -0.25) is 14.5 Å². The van der Waals surface area contributed by atoms with Crippen LogP contribution in [0.4, 0.5) is 0 Å². The lowest BCUT2D eigenvalue weighted by atomic mass is 10.5. The molecule has 0 spiro atoms. The first-order chi connectivity index (χ1) is 6.65. The van der Waals surface area contributed by atoms with Gasteiger partial charge in [-0.2, -0.15) is 0 Å². The summed E-state index contributed by atoms with van der Waals surface area (Å²) in [4.78, 5) is 33.4. The first-order valence-corrected chi connectivity index (χ1v) is 3.82. The van der Waals surface area contributed by atoms with Crippen molar-refractivity contribution in [1.82, 2.24) is 4.90 Å². The highest BCUT2D eigenvalue weighted by molar-refractivity contribution is 6.12. The van der Waals surface area contributed by atoms with Gasteiger partial charge in [0, 0.05) is 18.1 Å². The Morgan fingerprint density at radius 1 is 1.43 bits per heavy atom. The summed E-state index contributed by atoms with van der Waals surface area (Å²) < 4.78 is 4.50. The second-order valence-electron chi connectivity index (χ2n) is 2.44. The number of carbonyl (C=O) groups is 3. The van der Waals surface area contributed by atoms with Gasteiger partial charge in [0.2, 0.25) is 0 Å². The molecule has 0 aromatic carbocycles. The molecule has 72 valence electrons. The van der Waals surface area contributed by atoms with Crippen molar-refractivity contribution in [2.75, 3.05) is 13.2 Å². The summed E-state index contributed by atoms with van der Waals surface area (Å²) in [5.41, 5.74) is 0. The maximum absolute atomic E-state index is 11.0. The third-order valence-electron chi connectivity index (χ3n) is 1.57. The van der Waals surface area contributed by atoms with Crippen LogP contribution in [0.5, 0.6) is 0 Å². The number of hydrogen-bond donors (Lipinski definition) is 0. The second-order valence-corrected chi connectivity index (χ2v) is 2.44. The maximum Gasteiger partial charge on any atom is 0.384 e. The summed E-state index contributed by atoms with van der Waals surface area (Å²) in [5, 5.41) is 0. The van der Waals surface area contributed by atoms with Crippen molar-refractivity contribution in [3.8, 4) is 12.3 Å². The average Bonchev–Trinajstić information content (AvgIpc) is 2.48. The van der Waals surface area contributed by atoms with E-state index in [0.717, 1.165) is 17.1 Å². The van der Waals surface area contributed by atoms with Gasteiger partial charge < -0.3 is 4.74 Å². The molecule has 0 saturated carbocycles. The Balaban J connectivity index is 2.33. The molecule has 0 saturated heterocycles. The summed E-state index contributed by atoms with van der Waals surface area (Å²) in [6.45, 7) is -0.0553. The predicted octanol–water partition coefficient (Wildman–Crippen LogP) is -0.912. The average molecular weight is 193 g/mol. The molecule has 1 rings (SSSR count). The van der Waals surface area contributed by atoms with Crippen LogP contribution in [0.25, 0.3) is 0 Å². The van der Waals surface area contributed by atoms with Crippen molar-refractivity contribution in [2.45, 2.75) is 0 Å². The van der Waals surface area contributed by atoms with Crippen LogP contribution in [0.15, 0.2) is 12.2 Å². The molecule has 0 aromatic rings. The van der Waals surface area contributed by atoms with Crippen molar-refractivity contribution in [1.29, 1.82) is 0 Å². The van der Waals surface area contributed by atoms with Gasteiger partial charge in [-0.05, 0) is 0 Å². The summed E-state index contributed by atoms with van der Waals surface area (Å²) in [7, 11) is 0. The van der Waals surface area contributed by atoms with E-state index in [0.29, 0.717) is 0 Å². The van der Waals surface area contributed by atoms with E-state index >= 15 is 0 Å². The van der Waals surface area contributed by atoms with Gasteiger partial charge in [0.1, 0.15) is 6.61 Å². The zero-order valence-corrected chi connectivity index (χ0v) is 7.23. The highest BCUT2D eigenvalue weighted by atomic mass is 16.5. The SMILES string of the molecule is C#CC(=O)OCCN1C(=O)C=CC1=O. The fourth-order valence-electron chi connectivity index (χ4n) is 0.923. The van der Waals surface area contributed by atoms with Crippen LogP contribution in [0.3, 0.4) is 0 Å². The fourth-order valence-corrected chi connectivity index (χ4v) is 0.923. The molecule has 5 nitrogen and oxygen atoms in total. The Morgan fingerprint density at radius 3 is 2.50 bits per heavy atom. The number of terminal acetylenes is 1. The normalized spacial score (nSPS) is 14.4. The molecule has 0 unspecified atom stereocenters. The van der Waals surface area contributed by atoms with E-state index in [2.05, 4.69) is 4.74 Å². The predicted molar refractivity (Wildman–Crippen MR) is 45.7 cm³/mol. The molecule has 0 fully saturated rings. The largest absolute Gasteiger partial charge is 0.454 e. The third-order valence-corrected chi connectivity index (χ3v) is 1.57. The Bertz CT molecular complexity index is 332. The van der Waals surface area contributed by atoms with Gasteiger partial charge in [-0.15, -0.1) is 6.42 Å². The molecular formula is C9H7NO4. The lowest BCUT2D eigenvalue weighted by Gasteiger charge is -2.12. The van der Waals surface area contributed by atoms with Gasteiger partial charge in [-0.1, -0.05) is 0 Å². The summed E-state index contributed by atoms with van der Waals surface area (Å²) in [5.74, 6) is 0.119. The molecule has 0 radical (unpaired) electrons. The van der Waals surface area contributed by atoms with E-state index in [1.807, 2.05) is 0 Å². The minimum atomic E-state index is -0.808. The second kappa shape index (κ2) is 4.23. The number of imide groups is 1. The maximum atomic E-state index is 11.0. The molecule has 14 heavy (non-hydrogen) atoms. The quantitative estimate of drug-likeness (QED) is 0.252. The minimum Gasteiger partial charge on any atom is -0.454 e. The van der Waals surface area contributed by atoms with E-state index in [1.54, 1.807) is 5.92 Å². The van der Waals surface area contributed by atoms with E-state index < -0.39 is 17.8 Å². The molecule has 1 aliphatic heterocycles. The molecule has 1 heterocycles. The number of ether oxygens (including phenoxy) is 1. The summed E-state index contributed by atoms with van der Waals surface area (Å²) >= 11 is 0. The third kappa shape index (κ3) is 2.20. The molecule has 0 N–H and O–H groups in total. The number of amides is 2. The van der Waals surface area contributed by atoms with E-state index in [4.69, 9.17) is 6.42 Å². The lowest BCUT2D eigenvalue weighted by molar-refractivity contribution is -0.143. The summed E-state index contributed by atoms with van der Waals surface area (Å²) in [6, 6.07) is 0. The van der Waals surface area contributed by atoms with E-state index in [1.165, 1.54) is 0 Å². The Morgan fingerprint density at radius 2 is 2.00 bits per heavy atom. The number of nitrogens with zero attached hydrogens (tertiary/aromatic N) is 1. The van der Waals surface area contributed by atoms with Crippen molar-refractivity contribution in [2.24, 2.45) is 0 Å². The van der Waals surface area contributed by atoms with Crippen molar-refractivity contribution in [3.63, 3.8) is 0 Å². The smallest absolute Gasteiger partial charge is 0.384 e. The Kier molecular flexibility index (Phi) is 3.02. The van der Waals surface area contributed by atoms with Crippen molar-refractivity contribution in [3.05, 3.63) is 12.2 Å². The monoisotopic (exact) mass is 193 g/mol. The van der Waals surface area contributed by atoms with Gasteiger partial charge >= 0.3 is 5.97 Å². The molecule has 0 aliphatic carbocycles. The van der Waals surface area contributed by atoms with Gasteiger partial charge in [0.25, 0.3) is 11.8 Å². The molecule has 1 aliphatic rings.